The SMILES string of the molecule is CC/C=C\C/C=C\C/C=C\C/C=C\C/C=C\C/C=C\CCCCCCCCCCC(=O)OCC(COC(=O)CCCCCCC/C=C\CCCCCC)OC(=O)CCCCCCCCCCCCCCCCCCCCCCCCCC. The van der Waals surface area contributed by atoms with Gasteiger partial charge in [-0.25, -0.2) is 0 Å². The average molecular weight is 1140 g/mol. The Bertz CT molecular complexity index is 1550. The topological polar surface area (TPSA) is 78.9 Å². The molecule has 0 aliphatic carbocycles. The van der Waals surface area contributed by atoms with E-state index >= 15 is 0 Å². The molecule has 0 heterocycles. The van der Waals surface area contributed by atoms with Crippen molar-refractivity contribution in [1.29, 1.82) is 0 Å². The number of ether oxygens (including phenoxy) is 3. The van der Waals surface area contributed by atoms with Crippen molar-refractivity contribution in [3.05, 3.63) is 85.1 Å². The van der Waals surface area contributed by atoms with E-state index in [9.17, 15) is 14.4 Å². The van der Waals surface area contributed by atoms with Crippen molar-refractivity contribution in [2.45, 2.75) is 367 Å². The lowest BCUT2D eigenvalue weighted by Gasteiger charge is -2.18. The van der Waals surface area contributed by atoms with Crippen LogP contribution >= 0.6 is 0 Å². The highest BCUT2D eigenvalue weighted by Gasteiger charge is 2.19. The Morgan fingerprint density at radius 2 is 0.476 bits per heavy atom. The number of carbonyl (C=O) groups excluding carboxylic acids is 3. The van der Waals surface area contributed by atoms with E-state index in [1.807, 2.05) is 0 Å². The van der Waals surface area contributed by atoms with Gasteiger partial charge < -0.3 is 14.2 Å². The van der Waals surface area contributed by atoms with Gasteiger partial charge in [0, 0.05) is 19.3 Å². The normalized spacial score (nSPS) is 12.6. The second-order valence-electron chi connectivity index (χ2n) is 23.8. The van der Waals surface area contributed by atoms with Crippen LogP contribution in [0, 0.1) is 0 Å². The Labute approximate surface area is 509 Å². The minimum absolute atomic E-state index is 0.0799. The Morgan fingerprint density at radius 1 is 0.256 bits per heavy atom. The maximum Gasteiger partial charge on any atom is 0.306 e. The zero-order chi connectivity index (χ0) is 59.2. The molecule has 82 heavy (non-hydrogen) atoms. The summed E-state index contributed by atoms with van der Waals surface area (Å²) in [5.74, 6) is -0.876. The molecule has 0 aliphatic heterocycles. The Hall–Kier alpha value is -3.41. The fourth-order valence-corrected chi connectivity index (χ4v) is 10.3. The summed E-state index contributed by atoms with van der Waals surface area (Å²) in [4.78, 5) is 38.4. The summed E-state index contributed by atoms with van der Waals surface area (Å²) in [5.41, 5.74) is 0. The van der Waals surface area contributed by atoms with Crippen molar-refractivity contribution in [3.8, 4) is 0 Å². The van der Waals surface area contributed by atoms with Crippen LogP contribution in [0.5, 0.6) is 0 Å². The van der Waals surface area contributed by atoms with Crippen LogP contribution in [0.1, 0.15) is 361 Å². The van der Waals surface area contributed by atoms with Gasteiger partial charge in [0.05, 0.1) is 0 Å². The van der Waals surface area contributed by atoms with E-state index in [4.69, 9.17) is 14.2 Å². The van der Waals surface area contributed by atoms with Crippen LogP contribution in [-0.4, -0.2) is 37.2 Å². The van der Waals surface area contributed by atoms with Crippen LogP contribution in [0.4, 0.5) is 0 Å². The smallest absolute Gasteiger partial charge is 0.306 e. The van der Waals surface area contributed by atoms with E-state index < -0.39 is 6.10 Å². The molecular weight excluding hydrogens is 1010 g/mol. The van der Waals surface area contributed by atoms with Crippen LogP contribution in [0.3, 0.4) is 0 Å². The maximum absolute atomic E-state index is 13.0. The van der Waals surface area contributed by atoms with Crippen molar-refractivity contribution < 1.29 is 28.6 Å². The number of unbranched alkanes of at least 4 members (excludes halogenated alkanes) is 40. The standard InChI is InChI=1S/C76H134O6/c1-4-7-10-13-16-19-22-25-27-29-31-33-35-37-38-39-41-42-44-46-48-51-54-57-60-63-66-69-75(78)81-72-73(71-80-74(77)68-65-62-59-56-53-50-24-21-18-15-12-9-6-3)82-76(79)70-67-64-61-58-55-52-49-47-45-43-40-36-34-32-30-28-26-23-20-17-14-11-8-5-2/h7,10,16,19,21,24-25,27,31,33,37-38,41-42,73H,4-6,8-9,11-15,17-18,20,22-23,26,28-30,32,34-36,39-40,43-72H2,1-3H3/b10-7-,19-16-,24-21-,27-25-,33-31-,38-37-,42-41-. The summed E-state index contributed by atoms with van der Waals surface area (Å²) in [7, 11) is 0. The predicted octanol–water partition coefficient (Wildman–Crippen LogP) is 24.6. The zero-order valence-corrected chi connectivity index (χ0v) is 54.5. The van der Waals surface area contributed by atoms with Crippen LogP contribution in [-0.2, 0) is 28.6 Å². The first-order chi connectivity index (χ1) is 40.5. The minimum atomic E-state index is -0.783. The Morgan fingerprint density at radius 3 is 0.768 bits per heavy atom. The summed E-state index contributed by atoms with van der Waals surface area (Å²) in [6.07, 6.45) is 93.2. The van der Waals surface area contributed by atoms with Gasteiger partial charge in [-0.15, -0.1) is 0 Å². The van der Waals surface area contributed by atoms with E-state index in [2.05, 4.69) is 106 Å². The largest absolute Gasteiger partial charge is 0.462 e. The van der Waals surface area contributed by atoms with Crippen molar-refractivity contribution in [3.63, 3.8) is 0 Å². The maximum atomic E-state index is 13.0. The number of esters is 3. The predicted molar refractivity (Wildman–Crippen MR) is 358 cm³/mol. The summed E-state index contributed by atoms with van der Waals surface area (Å²) in [5, 5.41) is 0. The van der Waals surface area contributed by atoms with Gasteiger partial charge in [-0.3, -0.25) is 14.4 Å². The first-order valence-corrected chi connectivity index (χ1v) is 35.6. The highest BCUT2D eigenvalue weighted by Crippen LogP contribution is 2.18. The molecule has 0 spiro atoms. The number of allylic oxidation sites excluding steroid dienone is 14. The first kappa shape index (κ1) is 78.6. The van der Waals surface area contributed by atoms with Crippen molar-refractivity contribution in [2.75, 3.05) is 13.2 Å². The summed E-state index contributed by atoms with van der Waals surface area (Å²) in [6.45, 7) is 6.55. The van der Waals surface area contributed by atoms with Gasteiger partial charge in [0.15, 0.2) is 6.10 Å². The molecule has 0 bridgehead atoms. The molecule has 0 rings (SSSR count). The molecule has 0 aromatic carbocycles. The minimum Gasteiger partial charge on any atom is -0.462 e. The van der Waals surface area contributed by atoms with Crippen molar-refractivity contribution in [1.82, 2.24) is 0 Å². The van der Waals surface area contributed by atoms with E-state index in [-0.39, 0.29) is 31.1 Å². The quantitative estimate of drug-likeness (QED) is 0.0261. The van der Waals surface area contributed by atoms with Crippen molar-refractivity contribution in [2.24, 2.45) is 0 Å². The molecule has 0 aromatic rings. The van der Waals surface area contributed by atoms with E-state index in [1.165, 1.54) is 212 Å². The van der Waals surface area contributed by atoms with Crippen LogP contribution in [0.2, 0.25) is 0 Å². The molecule has 0 aromatic heterocycles. The van der Waals surface area contributed by atoms with Gasteiger partial charge in [0.25, 0.3) is 0 Å². The molecule has 1 atom stereocenters. The third-order valence-electron chi connectivity index (χ3n) is 15.6. The summed E-state index contributed by atoms with van der Waals surface area (Å²) < 4.78 is 17.0. The number of hydrogen-bond acceptors (Lipinski definition) is 6. The lowest BCUT2D eigenvalue weighted by atomic mass is 10.0. The van der Waals surface area contributed by atoms with Gasteiger partial charge in [0.1, 0.15) is 13.2 Å². The van der Waals surface area contributed by atoms with Crippen molar-refractivity contribution >= 4 is 17.9 Å². The molecule has 474 valence electrons. The first-order valence-electron chi connectivity index (χ1n) is 35.6. The van der Waals surface area contributed by atoms with Crippen LogP contribution < -0.4 is 0 Å². The molecule has 6 heteroatoms. The highest BCUT2D eigenvalue weighted by molar-refractivity contribution is 5.71. The summed E-state index contributed by atoms with van der Waals surface area (Å²) in [6, 6.07) is 0. The van der Waals surface area contributed by atoms with Gasteiger partial charge in [-0.05, 0) is 96.3 Å². The fraction of sp³-hybridized carbons (Fsp3) is 0.776. The highest BCUT2D eigenvalue weighted by atomic mass is 16.6. The van der Waals surface area contributed by atoms with E-state index in [0.717, 1.165) is 109 Å². The molecule has 1 unspecified atom stereocenters. The van der Waals surface area contributed by atoms with Gasteiger partial charge in [-0.2, -0.15) is 0 Å². The lowest BCUT2D eigenvalue weighted by Crippen LogP contribution is -2.30. The summed E-state index contributed by atoms with van der Waals surface area (Å²) >= 11 is 0. The number of hydrogen-bond donors (Lipinski definition) is 0. The van der Waals surface area contributed by atoms with E-state index in [1.54, 1.807) is 0 Å². The van der Waals surface area contributed by atoms with Gasteiger partial charge in [0.2, 0.25) is 0 Å². The molecule has 6 nitrogen and oxygen atoms in total. The molecule has 0 saturated heterocycles. The van der Waals surface area contributed by atoms with Crippen LogP contribution in [0.15, 0.2) is 85.1 Å². The third kappa shape index (κ3) is 67.4. The Balaban J connectivity index is 4.29. The zero-order valence-electron chi connectivity index (χ0n) is 54.5. The lowest BCUT2D eigenvalue weighted by molar-refractivity contribution is -0.167. The molecule has 0 N–H and O–H groups in total. The number of rotatable bonds is 65. The van der Waals surface area contributed by atoms with Gasteiger partial charge >= 0.3 is 17.9 Å². The molecule has 0 radical (unpaired) electrons. The molecular formula is C76H134O6. The van der Waals surface area contributed by atoms with Crippen LogP contribution in [0.25, 0.3) is 0 Å². The third-order valence-corrected chi connectivity index (χ3v) is 15.6. The molecule has 0 aliphatic rings. The second kappa shape index (κ2) is 70.1. The Kier molecular flexibility index (Phi) is 67.2. The molecule has 0 saturated carbocycles. The monoisotopic (exact) mass is 1140 g/mol. The average Bonchev–Trinajstić information content (AvgIpc) is 3.47. The molecule has 0 fully saturated rings. The van der Waals surface area contributed by atoms with Gasteiger partial charge in [-0.1, -0.05) is 331 Å². The second-order valence-corrected chi connectivity index (χ2v) is 23.8. The van der Waals surface area contributed by atoms with E-state index in [0.29, 0.717) is 19.3 Å². The fourth-order valence-electron chi connectivity index (χ4n) is 10.3. The molecule has 0 amide bonds. The number of carbonyl (C=O) groups is 3.